The van der Waals surface area contributed by atoms with Crippen LogP contribution in [0.25, 0.3) is 0 Å². The minimum atomic E-state index is 1.18. The molecule has 0 radical (unpaired) electrons. The maximum atomic E-state index is 2.35. The third kappa shape index (κ3) is 12.5. The minimum Gasteiger partial charge on any atom is -0.205 e. The molecule has 1 rings (SSSR count). The Labute approximate surface area is 164 Å². The fraction of sp³-hybridized carbons (Fsp3) is 0.800. The zero-order valence-corrected chi connectivity index (χ0v) is 18.2. The lowest BCUT2D eigenvalue weighted by molar-refractivity contribution is -0.697. The average molecular weight is 361 g/mol. The van der Waals surface area contributed by atoms with Crippen LogP contribution in [0, 0.1) is 13.8 Å². The first kappa shape index (κ1) is 23.2. The second-order valence-electron chi connectivity index (χ2n) is 8.35. The topological polar surface area (TPSA) is 3.88 Å². The lowest BCUT2D eigenvalue weighted by Gasteiger charge is -2.03. The van der Waals surface area contributed by atoms with Crippen molar-refractivity contribution in [3.63, 3.8) is 0 Å². The van der Waals surface area contributed by atoms with Crippen LogP contribution < -0.4 is 4.57 Å². The van der Waals surface area contributed by atoms with Gasteiger partial charge in [-0.3, -0.25) is 0 Å². The van der Waals surface area contributed by atoms with Crippen LogP contribution in [0.5, 0.6) is 0 Å². The van der Waals surface area contributed by atoms with Crippen molar-refractivity contribution < 1.29 is 4.57 Å². The molecule has 0 aliphatic rings. The van der Waals surface area contributed by atoms with E-state index in [1.54, 1.807) is 0 Å². The molecule has 1 heterocycles. The molecule has 0 saturated carbocycles. The van der Waals surface area contributed by atoms with E-state index in [9.17, 15) is 0 Å². The number of rotatable bonds is 17. The summed E-state index contributed by atoms with van der Waals surface area (Å²) in [7, 11) is 0. The van der Waals surface area contributed by atoms with E-state index in [4.69, 9.17) is 0 Å². The summed E-state index contributed by atoms with van der Waals surface area (Å²) >= 11 is 0. The SMILES string of the molecule is CCCCCCCCCCCCCCCCCC[n+]1ccc(C)c(C)c1. The third-order valence-corrected chi connectivity index (χ3v) is 5.77. The van der Waals surface area contributed by atoms with Gasteiger partial charge in [0.2, 0.25) is 0 Å². The highest BCUT2D eigenvalue weighted by Gasteiger charge is 2.02. The lowest BCUT2D eigenvalue weighted by Crippen LogP contribution is -2.33. The second kappa shape index (κ2) is 16.3. The molecule has 0 aliphatic carbocycles. The van der Waals surface area contributed by atoms with Gasteiger partial charge in [-0.25, -0.2) is 4.57 Å². The third-order valence-electron chi connectivity index (χ3n) is 5.77. The van der Waals surface area contributed by atoms with Gasteiger partial charge in [-0.05, 0) is 25.8 Å². The van der Waals surface area contributed by atoms with E-state index < -0.39 is 0 Å². The number of aromatic nitrogens is 1. The van der Waals surface area contributed by atoms with E-state index >= 15 is 0 Å². The van der Waals surface area contributed by atoms with Crippen LogP contribution in [0.15, 0.2) is 18.5 Å². The fourth-order valence-corrected chi connectivity index (χ4v) is 3.71. The Bertz CT molecular complexity index is 438. The fourth-order valence-electron chi connectivity index (χ4n) is 3.71. The zero-order valence-electron chi connectivity index (χ0n) is 18.2. The quantitative estimate of drug-likeness (QED) is 0.197. The van der Waals surface area contributed by atoms with Crippen LogP contribution in [0.3, 0.4) is 0 Å². The first-order valence-electron chi connectivity index (χ1n) is 11.7. The van der Waals surface area contributed by atoms with E-state index in [-0.39, 0.29) is 0 Å². The Morgan fingerprint density at radius 1 is 0.577 bits per heavy atom. The molecular weight excluding hydrogens is 314 g/mol. The van der Waals surface area contributed by atoms with Gasteiger partial charge >= 0.3 is 0 Å². The number of aryl methyl sites for hydroxylation is 3. The standard InChI is InChI=1S/C25H46N/c1-4-5-6-7-8-9-10-11-12-13-14-15-16-17-18-19-21-26-22-20-24(2)25(3)23-26/h20,22-23H,4-19,21H2,1-3H3/q+1. The van der Waals surface area contributed by atoms with Gasteiger partial charge in [0.25, 0.3) is 0 Å². The monoisotopic (exact) mass is 360 g/mol. The van der Waals surface area contributed by atoms with E-state index in [1.165, 1.54) is 120 Å². The van der Waals surface area contributed by atoms with Crippen LogP contribution in [0.2, 0.25) is 0 Å². The molecule has 0 atom stereocenters. The van der Waals surface area contributed by atoms with Crippen molar-refractivity contribution in [2.24, 2.45) is 0 Å². The Balaban J connectivity index is 1.79. The predicted molar refractivity (Wildman–Crippen MR) is 116 cm³/mol. The summed E-state index contributed by atoms with van der Waals surface area (Å²) in [6.45, 7) is 7.87. The van der Waals surface area contributed by atoms with Gasteiger partial charge in [-0.15, -0.1) is 0 Å². The summed E-state index contributed by atoms with van der Waals surface area (Å²) in [6.07, 6.45) is 27.6. The number of nitrogens with zero attached hydrogens (tertiary/aromatic N) is 1. The smallest absolute Gasteiger partial charge is 0.171 e. The molecule has 0 bridgehead atoms. The molecule has 0 amide bonds. The Morgan fingerprint density at radius 3 is 1.42 bits per heavy atom. The van der Waals surface area contributed by atoms with Crippen molar-refractivity contribution in [1.82, 2.24) is 0 Å². The first-order chi connectivity index (χ1) is 12.7. The van der Waals surface area contributed by atoms with Crippen LogP contribution >= 0.6 is 0 Å². The predicted octanol–water partition coefficient (Wildman–Crippen LogP) is 7.85. The minimum absolute atomic E-state index is 1.18. The molecule has 0 saturated heterocycles. The summed E-state index contributed by atoms with van der Waals surface area (Å²) in [5, 5.41) is 0. The molecule has 1 aromatic heterocycles. The van der Waals surface area contributed by atoms with Crippen molar-refractivity contribution in [2.75, 3.05) is 0 Å². The van der Waals surface area contributed by atoms with E-state index in [1.807, 2.05) is 0 Å². The molecule has 0 fully saturated rings. The summed E-state index contributed by atoms with van der Waals surface area (Å²) in [4.78, 5) is 0. The van der Waals surface area contributed by atoms with E-state index in [0.717, 1.165) is 0 Å². The van der Waals surface area contributed by atoms with Crippen molar-refractivity contribution in [1.29, 1.82) is 0 Å². The van der Waals surface area contributed by atoms with Crippen molar-refractivity contribution in [3.05, 3.63) is 29.6 Å². The van der Waals surface area contributed by atoms with Gasteiger partial charge in [0.15, 0.2) is 12.4 Å². The van der Waals surface area contributed by atoms with Crippen LogP contribution in [-0.4, -0.2) is 0 Å². The Morgan fingerprint density at radius 2 is 1.00 bits per heavy atom. The number of hydrogen-bond acceptors (Lipinski definition) is 0. The largest absolute Gasteiger partial charge is 0.205 e. The van der Waals surface area contributed by atoms with Gasteiger partial charge in [0, 0.05) is 18.1 Å². The molecule has 0 aliphatic heterocycles. The number of pyridine rings is 1. The maximum Gasteiger partial charge on any atom is 0.171 e. The molecule has 1 aromatic rings. The Hall–Kier alpha value is -0.850. The van der Waals surface area contributed by atoms with Gasteiger partial charge in [-0.1, -0.05) is 96.8 Å². The summed E-state index contributed by atoms with van der Waals surface area (Å²) < 4.78 is 2.35. The second-order valence-corrected chi connectivity index (χ2v) is 8.35. The van der Waals surface area contributed by atoms with E-state index in [2.05, 4.69) is 43.8 Å². The summed E-state index contributed by atoms with van der Waals surface area (Å²) in [6, 6.07) is 2.24. The average Bonchev–Trinajstić information content (AvgIpc) is 2.64. The molecule has 26 heavy (non-hydrogen) atoms. The maximum absolute atomic E-state index is 2.35. The van der Waals surface area contributed by atoms with E-state index in [0.29, 0.717) is 0 Å². The molecule has 0 N–H and O–H groups in total. The molecule has 1 heteroatoms. The highest BCUT2D eigenvalue weighted by Crippen LogP contribution is 2.13. The van der Waals surface area contributed by atoms with Crippen LogP contribution in [0.4, 0.5) is 0 Å². The molecule has 1 nitrogen and oxygen atoms in total. The first-order valence-corrected chi connectivity index (χ1v) is 11.7. The number of hydrogen-bond donors (Lipinski definition) is 0. The molecule has 0 unspecified atom stereocenters. The zero-order chi connectivity index (χ0) is 18.9. The molecule has 150 valence electrons. The van der Waals surface area contributed by atoms with Crippen molar-refractivity contribution in [3.8, 4) is 0 Å². The Kier molecular flexibility index (Phi) is 14.6. The summed E-state index contributed by atoms with van der Waals surface area (Å²) in [5.41, 5.74) is 2.80. The van der Waals surface area contributed by atoms with Gasteiger partial charge in [0.05, 0.1) is 0 Å². The molecule has 0 spiro atoms. The van der Waals surface area contributed by atoms with Crippen LogP contribution in [0.1, 0.15) is 121 Å². The van der Waals surface area contributed by atoms with Gasteiger partial charge in [-0.2, -0.15) is 0 Å². The van der Waals surface area contributed by atoms with Gasteiger partial charge < -0.3 is 0 Å². The van der Waals surface area contributed by atoms with Crippen molar-refractivity contribution >= 4 is 0 Å². The lowest BCUT2D eigenvalue weighted by atomic mass is 10.0. The van der Waals surface area contributed by atoms with Crippen LogP contribution in [-0.2, 0) is 6.54 Å². The molecular formula is C25H46N+. The highest BCUT2D eigenvalue weighted by molar-refractivity contribution is 5.16. The van der Waals surface area contributed by atoms with Gasteiger partial charge in [0.1, 0.15) is 6.54 Å². The number of unbranched alkanes of at least 4 members (excludes halogenated alkanes) is 15. The van der Waals surface area contributed by atoms with Crippen molar-refractivity contribution in [2.45, 2.75) is 130 Å². The normalized spacial score (nSPS) is 11.2. The summed E-state index contributed by atoms with van der Waals surface area (Å²) in [5.74, 6) is 0. The highest BCUT2D eigenvalue weighted by atomic mass is 14.9. The molecule has 0 aromatic carbocycles.